The molecule has 0 radical (unpaired) electrons. The lowest BCUT2D eigenvalue weighted by Gasteiger charge is -2.29. The Morgan fingerprint density at radius 3 is 3.05 bits per heavy atom. The molecule has 1 aromatic rings. The zero-order chi connectivity index (χ0) is 14.5. The summed E-state index contributed by atoms with van der Waals surface area (Å²) >= 11 is 0. The number of carbonyl (C=O) groups excluding carboxylic acids is 1. The quantitative estimate of drug-likeness (QED) is 0.743. The van der Waals surface area contributed by atoms with E-state index in [0.717, 1.165) is 0 Å². The highest BCUT2D eigenvalue weighted by atomic mass is 19.1. The van der Waals surface area contributed by atoms with Crippen LogP contribution in [0.1, 0.15) is 18.1 Å². The van der Waals surface area contributed by atoms with E-state index in [0.29, 0.717) is 18.7 Å². The highest BCUT2D eigenvalue weighted by molar-refractivity contribution is 5.82. The molecule has 5 nitrogen and oxygen atoms in total. The van der Waals surface area contributed by atoms with Crippen molar-refractivity contribution in [2.75, 3.05) is 13.2 Å². The number of halogens is 1. The van der Waals surface area contributed by atoms with E-state index in [1.165, 1.54) is 12.1 Å². The van der Waals surface area contributed by atoms with Gasteiger partial charge in [-0.2, -0.15) is 0 Å². The van der Waals surface area contributed by atoms with Crippen LogP contribution >= 0.6 is 0 Å². The molecular formula is C14H19FN2O3. The van der Waals surface area contributed by atoms with Crippen LogP contribution < -0.4 is 10.6 Å². The maximum absolute atomic E-state index is 13.5. The van der Waals surface area contributed by atoms with Crippen LogP contribution in [0.5, 0.6) is 0 Å². The summed E-state index contributed by atoms with van der Waals surface area (Å²) in [6, 6.07) is 4.13. The van der Waals surface area contributed by atoms with Gasteiger partial charge in [0.2, 0.25) is 5.91 Å². The molecule has 1 saturated heterocycles. The molecule has 1 heterocycles. The van der Waals surface area contributed by atoms with Gasteiger partial charge in [0.25, 0.3) is 0 Å². The molecule has 3 N–H and O–H groups in total. The third-order valence-corrected chi connectivity index (χ3v) is 3.35. The lowest BCUT2D eigenvalue weighted by Crippen LogP contribution is -2.55. The number of ether oxygens (including phenoxy) is 1. The summed E-state index contributed by atoms with van der Waals surface area (Å²) in [7, 11) is 0. The Bertz CT molecular complexity index is 481. The van der Waals surface area contributed by atoms with Gasteiger partial charge in [-0.1, -0.05) is 12.1 Å². The average molecular weight is 282 g/mol. The topological polar surface area (TPSA) is 70.6 Å². The zero-order valence-corrected chi connectivity index (χ0v) is 11.4. The molecule has 0 aliphatic carbocycles. The highest BCUT2D eigenvalue weighted by Gasteiger charge is 2.27. The third-order valence-electron chi connectivity index (χ3n) is 3.35. The standard InChI is InChI=1S/C14H19FN2O3/c1-9-13(16-4-5-20-9)14(19)17-7-10-2-3-11(8-18)12(15)6-10/h2-3,6,9,13,16,18H,4-5,7-8H2,1H3,(H,17,19)/t9-,13+/m1/s1. The maximum atomic E-state index is 13.5. The molecular weight excluding hydrogens is 263 g/mol. The normalized spacial score (nSPS) is 22.6. The van der Waals surface area contributed by atoms with Crippen LogP contribution in [0.4, 0.5) is 4.39 Å². The summed E-state index contributed by atoms with van der Waals surface area (Å²) in [5.41, 5.74) is 0.897. The van der Waals surface area contributed by atoms with E-state index < -0.39 is 5.82 Å². The van der Waals surface area contributed by atoms with Crippen LogP contribution in [0, 0.1) is 5.82 Å². The van der Waals surface area contributed by atoms with Crippen molar-refractivity contribution in [3.8, 4) is 0 Å². The Hall–Kier alpha value is -1.50. The smallest absolute Gasteiger partial charge is 0.240 e. The van der Waals surface area contributed by atoms with E-state index in [-0.39, 0.29) is 36.8 Å². The van der Waals surface area contributed by atoms with E-state index in [1.54, 1.807) is 6.07 Å². The number of rotatable bonds is 4. The van der Waals surface area contributed by atoms with Gasteiger partial charge in [0.1, 0.15) is 11.9 Å². The van der Waals surface area contributed by atoms with Crippen molar-refractivity contribution in [1.29, 1.82) is 0 Å². The largest absolute Gasteiger partial charge is 0.392 e. The number of hydrogen-bond donors (Lipinski definition) is 3. The van der Waals surface area contributed by atoms with Crippen molar-refractivity contribution in [1.82, 2.24) is 10.6 Å². The second-order valence-electron chi connectivity index (χ2n) is 4.81. The molecule has 1 aliphatic heterocycles. The monoisotopic (exact) mass is 282 g/mol. The number of amides is 1. The molecule has 2 rings (SSSR count). The Labute approximate surface area is 117 Å². The first-order chi connectivity index (χ1) is 9.61. The Balaban J connectivity index is 1.91. The molecule has 2 atom stereocenters. The molecule has 0 saturated carbocycles. The first-order valence-electron chi connectivity index (χ1n) is 6.62. The van der Waals surface area contributed by atoms with Crippen LogP contribution in [-0.4, -0.2) is 36.3 Å². The Kier molecular flexibility index (Phi) is 5.05. The Morgan fingerprint density at radius 1 is 1.60 bits per heavy atom. The summed E-state index contributed by atoms with van der Waals surface area (Å²) in [5.74, 6) is -0.629. The molecule has 0 spiro atoms. The van der Waals surface area contributed by atoms with Gasteiger partial charge in [-0.05, 0) is 18.6 Å². The van der Waals surface area contributed by atoms with E-state index in [2.05, 4.69) is 10.6 Å². The third kappa shape index (κ3) is 3.53. The van der Waals surface area contributed by atoms with Crippen LogP contribution in [0.15, 0.2) is 18.2 Å². The molecule has 1 aromatic carbocycles. The van der Waals surface area contributed by atoms with Gasteiger partial charge in [-0.15, -0.1) is 0 Å². The maximum Gasteiger partial charge on any atom is 0.240 e. The first-order valence-corrected chi connectivity index (χ1v) is 6.62. The number of morpholine rings is 1. The van der Waals surface area contributed by atoms with Crippen LogP contribution in [0.3, 0.4) is 0 Å². The fourth-order valence-corrected chi connectivity index (χ4v) is 2.16. The summed E-state index contributed by atoms with van der Waals surface area (Å²) < 4.78 is 18.9. The lowest BCUT2D eigenvalue weighted by atomic mass is 10.1. The minimum atomic E-state index is -0.466. The summed E-state index contributed by atoms with van der Waals surface area (Å²) in [6.07, 6.45) is -0.183. The average Bonchev–Trinajstić information content (AvgIpc) is 2.45. The number of aliphatic hydroxyl groups excluding tert-OH is 1. The number of benzene rings is 1. The molecule has 0 unspecified atom stereocenters. The van der Waals surface area contributed by atoms with E-state index >= 15 is 0 Å². The molecule has 0 bridgehead atoms. The van der Waals surface area contributed by atoms with Crippen molar-refractivity contribution in [3.63, 3.8) is 0 Å². The van der Waals surface area contributed by atoms with Gasteiger partial charge in [0.15, 0.2) is 0 Å². The molecule has 6 heteroatoms. The molecule has 110 valence electrons. The molecule has 1 aliphatic rings. The van der Waals surface area contributed by atoms with Crippen molar-refractivity contribution in [2.45, 2.75) is 32.2 Å². The van der Waals surface area contributed by atoms with Gasteiger partial charge in [0, 0.05) is 18.7 Å². The van der Waals surface area contributed by atoms with E-state index in [4.69, 9.17) is 9.84 Å². The lowest BCUT2D eigenvalue weighted by molar-refractivity contribution is -0.129. The minimum absolute atomic E-state index is 0.163. The van der Waals surface area contributed by atoms with Crippen LogP contribution in [0.25, 0.3) is 0 Å². The fourth-order valence-electron chi connectivity index (χ4n) is 2.16. The van der Waals surface area contributed by atoms with Gasteiger partial charge < -0.3 is 20.5 Å². The van der Waals surface area contributed by atoms with Crippen molar-refractivity contribution in [2.24, 2.45) is 0 Å². The number of nitrogens with one attached hydrogen (secondary N) is 2. The van der Waals surface area contributed by atoms with Gasteiger partial charge in [-0.3, -0.25) is 4.79 Å². The SMILES string of the molecule is C[C@H]1OCCN[C@@H]1C(=O)NCc1ccc(CO)c(F)c1. The van der Waals surface area contributed by atoms with Crippen LogP contribution in [0.2, 0.25) is 0 Å². The summed E-state index contributed by atoms with van der Waals surface area (Å²) in [5, 5.41) is 14.7. The number of hydrogen-bond acceptors (Lipinski definition) is 4. The van der Waals surface area contributed by atoms with E-state index in [9.17, 15) is 9.18 Å². The molecule has 1 amide bonds. The molecule has 0 aromatic heterocycles. The van der Waals surface area contributed by atoms with Crippen molar-refractivity contribution >= 4 is 5.91 Å². The second-order valence-corrected chi connectivity index (χ2v) is 4.81. The number of aliphatic hydroxyl groups is 1. The minimum Gasteiger partial charge on any atom is -0.392 e. The Morgan fingerprint density at radius 2 is 2.40 bits per heavy atom. The summed E-state index contributed by atoms with van der Waals surface area (Å²) in [4.78, 5) is 12.0. The number of carbonyl (C=O) groups is 1. The predicted molar refractivity (Wildman–Crippen MR) is 71.4 cm³/mol. The van der Waals surface area contributed by atoms with Crippen molar-refractivity contribution in [3.05, 3.63) is 35.1 Å². The molecule has 1 fully saturated rings. The van der Waals surface area contributed by atoms with Crippen molar-refractivity contribution < 1.29 is 19.0 Å². The van der Waals surface area contributed by atoms with Gasteiger partial charge >= 0.3 is 0 Å². The highest BCUT2D eigenvalue weighted by Crippen LogP contribution is 2.11. The van der Waals surface area contributed by atoms with Crippen LogP contribution in [-0.2, 0) is 22.7 Å². The molecule has 20 heavy (non-hydrogen) atoms. The fraction of sp³-hybridized carbons (Fsp3) is 0.500. The first kappa shape index (κ1) is 14.9. The summed E-state index contributed by atoms with van der Waals surface area (Å²) in [6.45, 7) is 2.98. The zero-order valence-electron chi connectivity index (χ0n) is 11.4. The van der Waals surface area contributed by atoms with Gasteiger partial charge in [0.05, 0.1) is 19.3 Å². The van der Waals surface area contributed by atoms with E-state index in [1.807, 2.05) is 6.92 Å². The van der Waals surface area contributed by atoms with Gasteiger partial charge in [-0.25, -0.2) is 4.39 Å². The predicted octanol–water partition coefficient (Wildman–Crippen LogP) is 0.311. The second kappa shape index (κ2) is 6.78.